The molecule has 0 amide bonds. The Balaban J connectivity index is 2.42. The fraction of sp³-hybridized carbons (Fsp3) is 0.500. The number of sulfonamides is 1. The van der Waals surface area contributed by atoms with Gasteiger partial charge in [0.15, 0.2) is 0 Å². The summed E-state index contributed by atoms with van der Waals surface area (Å²) in [5.74, 6) is -0.919. The molecule has 1 fully saturated rings. The van der Waals surface area contributed by atoms with Crippen LogP contribution in [0.5, 0.6) is 0 Å². The van der Waals surface area contributed by atoms with Gasteiger partial charge in [-0.25, -0.2) is 13.6 Å². The molecule has 1 aliphatic carbocycles. The van der Waals surface area contributed by atoms with Gasteiger partial charge < -0.3 is 5.11 Å². The summed E-state index contributed by atoms with van der Waals surface area (Å²) >= 11 is 0. The molecule has 5 nitrogen and oxygen atoms in total. The highest BCUT2D eigenvalue weighted by atomic mass is 32.2. The molecule has 20 heavy (non-hydrogen) atoms. The molecule has 0 aliphatic heterocycles. The minimum Gasteiger partial charge on any atom is -0.481 e. The number of carboxylic acids is 1. The third kappa shape index (κ3) is 1.86. The molecular formula is C14H19NO4S. The van der Waals surface area contributed by atoms with Crippen LogP contribution in [-0.2, 0) is 14.8 Å². The van der Waals surface area contributed by atoms with Gasteiger partial charge in [0.1, 0.15) is 0 Å². The highest BCUT2D eigenvalue weighted by molar-refractivity contribution is 7.89. The molecule has 2 atom stereocenters. The molecule has 0 spiro atoms. The Kier molecular flexibility index (Phi) is 3.22. The molecule has 6 heteroatoms. The Bertz CT molecular complexity index is 648. The number of carboxylic acid groups (broad SMARTS) is 1. The third-order valence-corrected chi connectivity index (χ3v) is 5.69. The van der Waals surface area contributed by atoms with Crippen LogP contribution in [0.15, 0.2) is 29.2 Å². The number of rotatable bonds is 4. The van der Waals surface area contributed by atoms with Crippen LogP contribution in [-0.4, -0.2) is 19.5 Å². The van der Waals surface area contributed by atoms with E-state index in [9.17, 15) is 18.3 Å². The number of primary sulfonamides is 1. The second-order valence-corrected chi connectivity index (χ2v) is 7.46. The monoisotopic (exact) mass is 297 g/mol. The van der Waals surface area contributed by atoms with E-state index < -0.39 is 21.4 Å². The first-order chi connectivity index (χ1) is 9.09. The number of aliphatic carboxylic acids is 1. The molecule has 1 aromatic rings. The largest absolute Gasteiger partial charge is 0.481 e. The maximum absolute atomic E-state index is 11.6. The lowest BCUT2D eigenvalue weighted by atomic mass is 9.93. The molecule has 2 rings (SSSR count). The van der Waals surface area contributed by atoms with Crippen molar-refractivity contribution in [3.8, 4) is 0 Å². The number of carbonyl (C=O) groups is 1. The predicted octanol–water partition coefficient (Wildman–Crippen LogP) is 1.94. The van der Waals surface area contributed by atoms with Gasteiger partial charge in [-0.05, 0) is 29.5 Å². The van der Waals surface area contributed by atoms with Gasteiger partial charge in [0.25, 0.3) is 0 Å². The molecule has 0 radical (unpaired) electrons. The molecule has 0 saturated heterocycles. The standard InChI is InChI=1S/C14H19NO4S/c1-4-14(12(16)17)11(13(14,2)3)9-5-7-10(8-6-9)20(15,18)19/h5-8,11H,4H2,1-3H3,(H,16,17)(H2,15,18,19). The van der Waals surface area contributed by atoms with Crippen molar-refractivity contribution in [1.29, 1.82) is 0 Å². The summed E-state index contributed by atoms with van der Waals surface area (Å²) < 4.78 is 22.5. The average molecular weight is 297 g/mol. The Morgan fingerprint density at radius 2 is 1.80 bits per heavy atom. The van der Waals surface area contributed by atoms with E-state index in [1.807, 2.05) is 20.8 Å². The lowest BCUT2D eigenvalue weighted by Crippen LogP contribution is -2.20. The van der Waals surface area contributed by atoms with Gasteiger partial charge in [-0.2, -0.15) is 0 Å². The summed E-state index contributed by atoms with van der Waals surface area (Å²) in [5.41, 5.74) is -0.293. The van der Waals surface area contributed by atoms with Crippen molar-refractivity contribution >= 4 is 16.0 Å². The van der Waals surface area contributed by atoms with Gasteiger partial charge >= 0.3 is 5.97 Å². The van der Waals surface area contributed by atoms with E-state index in [1.165, 1.54) is 12.1 Å². The Morgan fingerprint density at radius 1 is 1.30 bits per heavy atom. The fourth-order valence-corrected chi connectivity index (χ4v) is 4.13. The summed E-state index contributed by atoms with van der Waals surface area (Å²) in [6.45, 7) is 5.74. The number of nitrogens with two attached hydrogens (primary N) is 1. The molecule has 0 bridgehead atoms. The van der Waals surface area contributed by atoms with Crippen LogP contribution < -0.4 is 5.14 Å². The van der Waals surface area contributed by atoms with Crippen molar-refractivity contribution in [2.45, 2.75) is 38.0 Å². The second kappa shape index (κ2) is 4.30. The van der Waals surface area contributed by atoms with Crippen molar-refractivity contribution in [3.63, 3.8) is 0 Å². The van der Waals surface area contributed by atoms with Gasteiger partial charge in [-0.3, -0.25) is 4.79 Å². The molecule has 1 aliphatic rings. The van der Waals surface area contributed by atoms with Gasteiger partial charge in [-0.1, -0.05) is 32.9 Å². The summed E-state index contributed by atoms with van der Waals surface area (Å²) in [6, 6.07) is 6.18. The van der Waals surface area contributed by atoms with E-state index in [0.717, 1.165) is 5.56 Å². The molecule has 1 aromatic carbocycles. The highest BCUT2D eigenvalue weighted by Gasteiger charge is 2.74. The predicted molar refractivity (Wildman–Crippen MR) is 74.7 cm³/mol. The van der Waals surface area contributed by atoms with E-state index in [1.54, 1.807) is 12.1 Å². The van der Waals surface area contributed by atoms with Crippen molar-refractivity contribution in [1.82, 2.24) is 0 Å². The van der Waals surface area contributed by atoms with Crippen LogP contribution in [0.4, 0.5) is 0 Å². The summed E-state index contributed by atoms with van der Waals surface area (Å²) in [5, 5.41) is 14.6. The maximum atomic E-state index is 11.6. The number of hydrogen-bond donors (Lipinski definition) is 2. The van der Waals surface area contributed by atoms with Crippen LogP contribution in [0.3, 0.4) is 0 Å². The minimum atomic E-state index is -3.72. The minimum absolute atomic E-state index is 0.0390. The molecule has 1 saturated carbocycles. The van der Waals surface area contributed by atoms with Crippen LogP contribution in [0, 0.1) is 10.8 Å². The summed E-state index contributed by atoms with van der Waals surface area (Å²) in [7, 11) is -3.72. The summed E-state index contributed by atoms with van der Waals surface area (Å²) in [4.78, 5) is 11.7. The van der Waals surface area contributed by atoms with Crippen molar-refractivity contribution in [2.75, 3.05) is 0 Å². The average Bonchev–Trinajstić information content (AvgIpc) is 2.85. The van der Waals surface area contributed by atoms with E-state index >= 15 is 0 Å². The molecule has 0 heterocycles. The van der Waals surface area contributed by atoms with Crippen LogP contribution >= 0.6 is 0 Å². The zero-order valence-electron chi connectivity index (χ0n) is 11.8. The first-order valence-electron chi connectivity index (χ1n) is 6.45. The molecule has 3 N–H and O–H groups in total. The Hall–Kier alpha value is -1.40. The third-order valence-electron chi connectivity index (χ3n) is 4.76. The quantitative estimate of drug-likeness (QED) is 0.887. The smallest absolute Gasteiger partial charge is 0.310 e. The topological polar surface area (TPSA) is 97.5 Å². The van der Waals surface area contributed by atoms with Crippen molar-refractivity contribution < 1.29 is 18.3 Å². The zero-order valence-corrected chi connectivity index (χ0v) is 12.6. The molecular weight excluding hydrogens is 278 g/mol. The van der Waals surface area contributed by atoms with Gasteiger partial charge in [0.2, 0.25) is 10.0 Å². The maximum Gasteiger partial charge on any atom is 0.310 e. The lowest BCUT2D eigenvalue weighted by Gasteiger charge is -2.11. The molecule has 0 aromatic heterocycles. The normalized spacial score (nSPS) is 28.1. The van der Waals surface area contributed by atoms with E-state index in [0.29, 0.717) is 6.42 Å². The summed E-state index contributed by atoms with van der Waals surface area (Å²) in [6.07, 6.45) is 0.539. The first kappa shape index (κ1) is 15.0. The van der Waals surface area contributed by atoms with Gasteiger partial charge in [0, 0.05) is 5.92 Å². The van der Waals surface area contributed by atoms with Crippen molar-refractivity contribution in [2.24, 2.45) is 16.0 Å². The number of hydrogen-bond acceptors (Lipinski definition) is 3. The zero-order chi connectivity index (χ0) is 15.3. The molecule has 110 valence electrons. The lowest BCUT2D eigenvalue weighted by molar-refractivity contribution is -0.145. The second-order valence-electron chi connectivity index (χ2n) is 5.90. The van der Waals surface area contributed by atoms with Crippen LogP contribution in [0.2, 0.25) is 0 Å². The Morgan fingerprint density at radius 3 is 2.10 bits per heavy atom. The Labute approximate surface area is 118 Å². The van der Waals surface area contributed by atoms with E-state index in [4.69, 9.17) is 5.14 Å². The first-order valence-corrected chi connectivity index (χ1v) is 8.00. The molecule has 2 unspecified atom stereocenters. The van der Waals surface area contributed by atoms with Gasteiger partial charge in [0.05, 0.1) is 10.3 Å². The van der Waals surface area contributed by atoms with Crippen molar-refractivity contribution in [3.05, 3.63) is 29.8 Å². The van der Waals surface area contributed by atoms with E-state index in [2.05, 4.69) is 0 Å². The van der Waals surface area contributed by atoms with Gasteiger partial charge in [-0.15, -0.1) is 0 Å². The highest BCUT2D eigenvalue weighted by Crippen LogP contribution is 2.75. The number of benzene rings is 1. The van der Waals surface area contributed by atoms with Crippen LogP contribution in [0.1, 0.15) is 38.7 Å². The van der Waals surface area contributed by atoms with E-state index in [-0.39, 0.29) is 16.2 Å². The SMILES string of the molecule is CCC1(C(=O)O)C(c2ccc(S(N)(=O)=O)cc2)C1(C)C. The van der Waals surface area contributed by atoms with Crippen LogP contribution in [0.25, 0.3) is 0 Å². The fourth-order valence-electron chi connectivity index (χ4n) is 3.61.